The Morgan fingerprint density at radius 3 is 2.52 bits per heavy atom. The van der Waals surface area contributed by atoms with Crippen LogP contribution in [0.15, 0.2) is 53.1 Å². The molecule has 2 rings (SSSR count). The average molecular weight is 315 g/mol. The minimum Gasteiger partial charge on any atom is -0.461 e. The van der Waals surface area contributed by atoms with Gasteiger partial charge in [0.25, 0.3) is 0 Å². The van der Waals surface area contributed by atoms with E-state index in [-0.39, 0.29) is 36.3 Å². The number of rotatable bonds is 7. The molecule has 5 heteroatoms. The second-order valence-corrected chi connectivity index (χ2v) is 5.89. The number of ketones is 1. The largest absolute Gasteiger partial charge is 0.461 e. The maximum absolute atomic E-state index is 12.1. The number of aliphatic hydroxyl groups is 1. The zero-order valence-electron chi connectivity index (χ0n) is 13.3. The summed E-state index contributed by atoms with van der Waals surface area (Å²) in [7, 11) is 0. The van der Waals surface area contributed by atoms with Crippen molar-refractivity contribution in [3.8, 4) is 0 Å². The van der Waals surface area contributed by atoms with Gasteiger partial charge in [-0.1, -0.05) is 30.3 Å². The molecule has 0 aliphatic heterocycles. The van der Waals surface area contributed by atoms with Crippen LogP contribution in [0.1, 0.15) is 42.8 Å². The minimum absolute atomic E-state index is 0.0731. The number of carbonyl (C=O) groups excluding carboxylic acids is 2. The Kier molecular flexibility index (Phi) is 5.34. The van der Waals surface area contributed by atoms with Gasteiger partial charge in [-0.15, -0.1) is 0 Å². The van der Waals surface area contributed by atoms with Crippen molar-refractivity contribution in [2.75, 3.05) is 0 Å². The highest BCUT2D eigenvalue weighted by Gasteiger charge is 2.27. The zero-order chi connectivity index (χ0) is 16.9. The van der Waals surface area contributed by atoms with Crippen LogP contribution in [0, 0.1) is 0 Å². The van der Waals surface area contributed by atoms with E-state index in [0.717, 1.165) is 0 Å². The molecular formula is C18H21NO4. The van der Waals surface area contributed by atoms with Gasteiger partial charge in [-0.3, -0.25) is 9.59 Å². The lowest BCUT2D eigenvalue weighted by Crippen LogP contribution is -2.38. The van der Waals surface area contributed by atoms with Crippen LogP contribution in [0.25, 0.3) is 0 Å². The van der Waals surface area contributed by atoms with Crippen LogP contribution < -0.4 is 5.32 Å². The highest BCUT2D eigenvalue weighted by molar-refractivity contribution is 5.94. The molecule has 0 aliphatic carbocycles. The van der Waals surface area contributed by atoms with E-state index < -0.39 is 5.60 Å². The molecule has 2 unspecified atom stereocenters. The third-order valence-electron chi connectivity index (χ3n) is 3.60. The molecule has 0 saturated carbocycles. The quantitative estimate of drug-likeness (QED) is 0.770. The first kappa shape index (κ1) is 17.0. The van der Waals surface area contributed by atoms with Crippen LogP contribution in [-0.4, -0.2) is 22.8 Å². The van der Waals surface area contributed by atoms with Crippen molar-refractivity contribution in [3.05, 3.63) is 60.1 Å². The first-order valence-electron chi connectivity index (χ1n) is 7.52. The standard InChI is InChI=1S/C18H21NO4/c1-13(11-15(20)16-9-6-10-23-16)19-17(21)12-18(2,22)14-7-4-3-5-8-14/h3-10,13,22H,11-12H2,1-2H3,(H,19,21). The SMILES string of the molecule is CC(CC(=O)c1ccco1)NC(=O)CC(C)(O)c1ccccc1. The van der Waals surface area contributed by atoms with Crippen LogP contribution >= 0.6 is 0 Å². The van der Waals surface area contributed by atoms with Gasteiger partial charge >= 0.3 is 0 Å². The number of benzene rings is 1. The summed E-state index contributed by atoms with van der Waals surface area (Å²) in [5.41, 5.74) is -0.578. The lowest BCUT2D eigenvalue weighted by atomic mass is 9.92. The Labute approximate surface area is 135 Å². The third-order valence-corrected chi connectivity index (χ3v) is 3.60. The monoisotopic (exact) mass is 315 g/mol. The van der Waals surface area contributed by atoms with E-state index in [0.29, 0.717) is 5.56 Å². The fraction of sp³-hybridized carbons (Fsp3) is 0.333. The number of hydrogen-bond donors (Lipinski definition) is 2. The maximum atomic E-state index is 12.1. The summed E-state index contributed by atoms with van der Waals surface area (Å²) in [5, 5.41) is 13.2. The molecule has 0 radical (unpaired) electrons. The van der Waals surface area contributed by atoms with Gasteiger partial charge in [0.1, 0.15) is 0 Å². The summed E-state index contributed by atoms with van der Waals surface area (Å²) >= 11 is 0. The molecule has 0 bridgehead atoms. The van der Waals surface area contributed by atoms with Gasteiger partial charge in [-0.05, 0) is 31.5 Å². The van der Waals surface area contributed by atoms with Gasteiger partial charge in [0.2, 0.25) is 5.91 Å². The number of amides is 1. The van der Waals surface area contributed by atoms with E-state index >= 15 is 0 Å². The molecule has 5 nitrogen and oxygen atoms in total. The lowest BCUT2D eigenvalue weighted by molar-refractivity contribution is -0.126. The summed E-state index contributed by atoms with van der Waals surface area (Å²) in [6, 6.07) is 11.9. The Hall–Kier alpha value is -2.40. The first-order chi connectivity index (χ1) is 10.9. The van der Waals surface area contributed by atoms with Gasteiger partial charge in [-0.2, -0.15) is 0 Å². The summed E-state index contributed by atoms with van der Waals surface area (Å²) in [5.74, 6) is -0.196. The van der Waals surface area contributed by atoms with Gasteiger partial charge in [0, 0.05) is 12.5 Å². The molecule has 0 saturated heterocycles. The molecule has 0 fully saturated rings. The van der Waals surface area contributed by atoms with E-state index in [1.165, 1.54) is 6.26 Å². The first-order valence-corrected chi connectivity index (χ1v) is 7.52. The van der Waals surface area contributed by atoms with E-state index in [2.05, 4.69) is 5.32 Å². The van der Waals surface area contributed by atoms with E-state index in [1.807, 2.05) is 18.2 Å². The van der Waals surface area contributed by atoms with Crippen LogP contribution in [0.4, 0.5) is 0 Å². The van der Waals surface area contributed by atoms with Gasteiger partial charge < -0.3 is 14.8 Å². The van der Waals surface area contributed by atoms with Crippen molar-refractivity contribution in [2.45, 2.75) is 38.3 Å². The summed E-state index contributed by atoms with van der Waals surface area (Å²) in [4.78, 5) is 24.0. The van der Waals surface area contributed by atoms with Crippen molar-refractivity contribution in [1.82, 2.24) is 5.32 Å². The van der Waals surface area contributed by atoms with Crippen LogP contribution in [0.3, 0.4) is 0 Å². The molecule has 0 spiro atoms. The molecule has 122 valence electrons. The second-order valence-electron chi connectivity index (χ2n) is 5.89. The number of Topliss-reactive ketones (excluding diaryl/α,β-unsaturated/α-hetero) is 1. The minimum atomic E-state index is -1.25. The summed E-state index contributed by atoms with van der Waals surface area (Å²) < 4.78 is 5.04. The Bertz CT molecular complexity index is 647. The molecule has 2 atom stereocenters. The molecule has 2 aromatic rings. The fourth-order valence-corrected chi connectivity index (χ4v) is 2.40. The third kappa shape index (κ3) is 4.79. The fourth-order valence-electron chi connectivity index (χ4n) is 2.40. The molecule has 1 aromatic heterocycles. The number of carbonyl (C=O) groups is 2. The maximum Gasteiger partial charge on any atom is 0.223 e. The van der Waals surface area contributed by atoms with Gasteiger partial charge in [0.05, 0.1) is 18.3 Å². The normalized spacial score (nSPS) is 14.7. The molecule has 1 amide bonds. The molecule has 1 heterocycles. The van der Waals surface area contributed by atoms with Gasteiger partial charge in [-0.25, -0.2) is 0 Å². The van der Waals surface area contributed by atoms with Crippen molar-refractivity contribution in [3.63, 3.8) is 0 Å². The molecular weight excluding hydrogens is 294 g/mol. The van der Waals surface area contributed by atoms with Crippen LogP contribution in [-0.2, 0) is 10.4 Å². The molecule has 23 heavy (non-hydrogen) atoms. The zero-order valence-corrected chi connectivity index (χ0v) is 13.3. The molecule has 1 aromatic carbocycles. The van der Waals surface area contributed by atoms with Gasteiger partial charge in [0.15, 0.2) is 11.5 Å². The topological polar surface area (TPSA) is 79.5 Å². The van der Waals surface area contributed by atoms with Crippen molar-refractivity contribution < 1.29 is 19.1 Å². The summed E-state index contributed by atoms with van der Waals surface area (Å²) in [6.07, 6.45) is 1.51. The van der Waals surface area contributed by atoms with Crippen LogP contribution in [0.5, 0.6) is 0 Å². The average Bonchev–Trinajstić information content (AvgIpc) is 3.01. The van der Waals surface area contributed by atoms with Crippen molar-refractivity contribution >= 4 is 11.7 Å². The highest BCUT2D eigenvalue weighted by Crippen LogP contribution is 2.24. The van der Waals surface area contributed by atoms with E-state index in [9.17, 15) is 14.7 Å². The van der Waals surface area contributed by atoms with Crippen molar-refractivity contribution in [1.29, 1.82) is 0 Å². The number of furan rings is 1. The molecule has 2 N–H and O–H groups in total. The lowest BCUT2D eigenvalue weighted by Gasteiger charge is -2.24. The number of nitrogens with one attached hydrogen (secondary N) is 1. The predicted octanol–water partition coefficient (Wildman–Crippen LogP) is 2.65. The Morgan fingerprint density at radius 2 is 1.91 bits per heavy atom. The predicted molar refractivity (Wildman–Crippen MR) is 85.9 cm³/mol. The van der Waals surface area contributed by atoms with E-state index in [1.54, 1.807) is 38.1 Å². The number of hydrogen-bond acceptors (Lipinski definition) is 4. The van der Waals surface area contributed by atoms with E-state index in [4.69, 9.17) is 4.42 Å². The molecule has 0 aliphatic rings. The Balaban J connectivity index is 1.88. The second kappa shape index (κ2) is 7.24. The summed E-state index contributed by atoms with van der Waals surface area (Å²) in [6.45, 7) is 3.34. The van der Waals surface area contributed by atoms with Crippen molar-refractivity contribution in [2.24, 2.45) is 0 Å². The van der Waals surface area contributed by atoms with Crippen LogP contribution in [0.2, 0.25) is 0 Å². The smallest absolute Gasteiger partial charge is 0.223 e. The highest BCUT2D eigenvalue weighted by atomic mass is 16.3. The Morgan fingerprint density at radius 1 is 1.22 bits per heavy atom.